The summed E-state index contributed by atoms with van der Waals surface area (Å²) in [5.74, 6) is 1.85. The van der Waals surface area contributed by atoms with Gasteiger partial charge in [-0.2, -0.15) is 0 Å². The van der Waals surface area contributed by atoms with Crippen molar-refractivity contribution in [3.63, 3.8) is 0 Å². The Bertz CT molecular complexity index is 722. The largest absolute Gasteiger partial charge is 0.460 e. The minimum Gasteiger partial charge on any atom is -0.460 e. The van der Waals surface area contributed by atoms with Crippen molar-refractivity contribution in [3.05, 3.63) is 33.7 Å². The van der Waals surface area contributed by atoms with Crippen LogP contribution < -0.4 is 0 Å². The first-order valence-corrected chi connectivity index (χ1v) is 7.20. The number of alkyl halides is 1. The molecule has 2 heterocycles. The van der Waals surface area contributed by atoms with Crippen LogP contribution in [0.4, 0.5) is 0 Å². The second-order valence-corrected chi connectivity index (χ2v) is 5.52. The normalized spacial score (nSPS) is 11.8. The van der Waals surface area contributed by atoms with Crippen LogP contribution in [0.2, 0.25) is 0 Å². The summed E-state index contributed by atoms with van der Waals surface area (Å²) in [6, 6.07) is 4.08. The van der Waals surface area contributed by atoms with E-state index in [9.17, 15) is 0 Å². The maximum Gasteiger partial charge on any atom is 0.152 e. The van der Waals surface area contributed by atoms with E-state index >= 15 is 0 Å². The molecule has 3 aromatic rings. The molecular formula is C13H10Br2O2. The lowest BCUT2D eigenvalue weighted by atomic mass is 10.1. The Kier molecular flexibility index (Phi) is 2.60. The topological polar surface area (TPSA) is 26.3 Å². The van der Waals surface area contributed by atoms with Gasteiger partial charge in [0.1, 0.15) is 17.1 Å². The Balaban J connectivity index is 2.56. The highest BCUT2D eigenvalue weighted by atomic mass is 79.9. The van der Waals surface area contributed by atoms with Gasteiger partial charge < -0.3 is 8.83 Å². The van der Waals surface area contributed by atoms with E-state index in [1.54, 1.807) is 0 Å². The zero-order valence-corrected chi connectivity index (χ0v) is 12.6. The molecule has 0 aliphatic carbocycles. The smallest absolute Gasteiger partial charge is 0.152 e. The molecule has 3 rings (SSSR count). The van der Waals surface area contributed by atoms with Gasteiger partial charge in [-0.3, -0.25) is 0 Å². The fourth-order valence-electron chi connectivity index (χ4n) is 2.17. The molecule has 0 aliphatic heterocycles. The van der Waals surface area contributed by atoms with Gasteiger partial charge in [-0.05, 0) is 41.9 Å². The van der Waals surface area contributed by atoms with E-state index in [1.165, 1.54) is 5.56 Å². The number of hydrogen-bond donors (Lipinski definition) is 0. The van der Waals surface area contributed by atoms with Gasteiger partial charge in [-0.1, -0.05) is 15.9 Å². The van der Waals surface area contributed by atoms with Gasteiger partial charge in [0.05, 0.1) is 9.86 Å². The molecule has 0 spiro atoms. The second kappa shape index (κ2) is 3.89. The average molecular weight is 358 g/mol. The summed E-state index contributed by atoms with van der Waals surface area (Å²) in [6.45, 7) is 3.93. The molecule has 0 N–H and O–H groups in total. The van der Waals surface area contributed by atoms with Gasteiger partial charge in [-0.25, -0.2) is 0 Å². The molecule has 0 bridgehead atoms. The van der Waals surface area contributed by atoms with Crippen molar-refractivity contribution in [2.45, 2.75) is 19.2 Å². The van der Waals surface area contributed by atoms with Gasteiger partial charge in [-0.15, -0.1) is 0 Å². The quantitative estimate of drug-likeness (QED) is 0.541. The minimum atomic E-state index is 0.792. The van der Waals surface area contributed by atoms with Crippen LogP contribution in [0.1, 0.15) is 17.1 Å². The number of fused-ring (bicyclic) bond motifs is 3. The van der Waals surface area contributed by atoms with Crippen LogP contribution in [-0.4, -0.2) is 0 Å². The highest BCUT2D eigenvalue weighted by molar-refractivity contribution is 9.10. The lowest BCUT2D eigenvalue weighted by Crippen LogP contribution is -1.77. The third kappa shape index (κ3) is 1.58. The van der Waals surface area contributed by atoms with Gasteiger partial charge in [0.25, 0.3) is 0 Å². The van der Waals surface area contributed by atoms with Gasteiger partial charge in [0.2, 0.25) is 0 Å². The van der Waals surface area contributed by atoms with Gasteiger partial charge in [0.15, 0.2) is 5.58 Å². The third-order valence-corrected chi connectivity index (χ3v) is 4.12. The van der Waals surface area contributed by atoms with Crippen LogP contribution in [0.15, 0.2) is 25.4 Å². The molecule has 88 valence electrons. The summed E-state index contributed by atoms with van der Waals surface area (Å²) in [5.41, 5.74) is 2.96. The Morgan fingerprint density at radius 2 is 1.82 bits per heavy atom. The van der Waals surface area contributed by atoms with Crippen LogP contribution >= 0.6 is 31.9 Å². The lowest BCUT2D eigenvalue weighted by molar-refractivity contribution is 0.572. The molecule has 0 radical (unpaired) electrons. The zero-order chi connectivity index (χ0) is 12.2. The standard InChI is InChI=1S/C13H10Br2O2/c1-6-3-9-12-8(4-11(15)13(9)16-6)10(5-14)7(2)17-12/h3-4H,5H2,1-2H3. The predicted molar refractivity (Wildman–Crippen MR) is 75.8 cm³/mol. The SMILES string of the molecule is Cc1cc2c(o1)c(Br)cc1c(CBr)c(C)oc12. The summed E-state index contributed by atoms with van der Waals surface area (Å²) < 4.78 is 12.5. The monoisotopic (exact) mass is 356 g/mol. The van der Waals surface area contributed by atoms with Crippen molar-refractivity contribution in [1.82, 2.24) is 0 Å². The number of benzene rings is 1. The molecule has 2 nitrogen and oxygen atoms in total. The molecule has 0 fully saturated rings. The Labute approximate surface area is 115 Å². The minimum absolute atomic E-state index is 0.792. The van der Waals surface area contributed by atoms with E-state index in [1.807, 2.05) is 19.9 Å². The van der Waals surface area contributed by atoms with E-state index in [0.717, 1.165) is 43.3 Å². The van der Waals surface area contributed by atoms with Crippen LogP contribution in [0.3, 0.4) is 0 Å². The second-order valence-electron chi connectivity index (χ2n) is 4.11. The summed E-state index contributed by atoms with van der Waals surface area (Å²) in [4.78, 5) is 0. The van der Waals surface area contributed by atoms with E-state index in [-0.39, 0.29) is 0 Å². The van der Waals surface area contributed by atoms with Crippen LogP contribution in [0.5, 0.6) is 0 Å². The Hall–Kier alpha value is -0.740. The summed E-state index contributed by atoms with van der Waals surface area (Å²) in [5, 5.41) is 2.96. The predicted octanol–water partition coefficient (Wildman–Crippen LogP) is 5.45. The van der Waals surface area contributed by atoms with Crippen molar-refractivity contribution in [2.75, 3.05) is 0 Å². The first-order valence-electron chi connectivity index (χ1n) is 5.28. The van der Waals surface area contributed by atoms with E-state index in [2.05, 4.69) is 37.9 Å². The fraction of sp³-hybridized carbons (Fsp3) is 0.231. The summed E-state index contributed by atoms with van der Waals surface area (Å²) in [7, 11) is 0. The lowest BCUT2D eigenvalue weighted by Gasteiger charge is -1.96. The van der Waals surface area contributed by atoms with Crippen LogP contribution in [-0.2, 0) is 5.33 Å². The van der Waals surface area contributed by atoms with Crippen LogP contribution in [0, 0.1) is 13.8 Å². The van der Waals surface area contributed by atoms with E-state index in [4.69, 9.17) is 8.83 Å². The molecule has 0 unspecified atom stereocenters. The van der Waals surface area contributed by atoms with E-state index < -0.39 is 0 Å². The first kappa shape index (κ1) is 11.4. The highest BCUT2D eigenvalue weighted by Crippen LogP contribution is 2.38. The molecule has 2 aromatic heterocycles. The first-order chi connectivity index (χ1) is 8.11. The van der Waals surface area contributed by atoms with Crippen molar-refractivity contribution in [3.8, 4) is 0 Å². The number of halogens is 2. The van der Waals surface area contributed by atoms with E-state index in [0.29, 0.717) is 0 Å². The fourth-order valence-corrected chi connectivity index (χ4v) is 3.39. The van der Waals surface area contributed by atoms with Gasteiger partial charge >= 0.3 is 0 Å². The molecule has 0 saturated heterocycles. The molecule has 17 heavy (non-hydrogen) atoms. The maximum atomic E-state index is 5.86. The Morgan fingerprint density at radius 1 is 1.06 bits per heavy atom. The van der Waals surface area contributed by atoms with Crippen LogP contribution in [0.25, 0.3) is 21.9 Å². The van der Waals surface area contributed by atoms with Crippen molar-refractivity contribution >= 4 is 53.8 Å². The number of hydrogen-bond acceptors (Lipinski definition) is 2. The third-order valence-electron chi connectivity index (χ3n) is 2.97. The van der Waals surface area contributed by atoms with Crippen molar-refractivity contribution in [1.29, 1.82) is 0 Å². The summed E-state index contributed by atoms with van der Waals surface area (Å²) in [6.07, 6.45) is 0. The molecule has 0 saturated carbocycles. The Morgan fingerprint density at radius 3 is 2.53 bits per heavy atom. The number of aryl methyl sites for hydroxylation is 2. The number of rotatable bonds is 1. The van der Waals surface area contributed by atoms with Crippen molar-refractivity contribution < 1.29 is 8.83 Å². The molecule has 1 aromatic carbocycles. The highest BCUT2D eigenvalue weighted by Gasteiger charge is 2.17. The van der Waals surface area contributed by atoms with Crippen molar-refractivity contribution in [2.24, 2.45) is 0 Å². The number of furan rings is 2. The molecule has 4 heteroatoms. The molecule has 0 atom stereocenters. The molecule has 0 amide bonds. The van der Waals surface area contributed by atoms with Gasteiger partial charge in [0, 0.05) is 16.3 Å². The molecule has 0 aliphatic rings. The zero-order valence-electron chi connectivity index (χ0n) is 9.43. The average Bonchev–Trinajstić information content (AvgIpc) is 2.79. The summed E-state index contributed by atoms with van der Waals surface area (Å²) >= 11 is 7.06. The maximum absolute atomic E-state index is 5.86. The molecular weight excluding hydrogens is 348 g/mol.